The molecule has 4 rings (SSSR count). The molecule has 10 nitrogen and oxygen atoms in total. The van der Waals surface area contributed by atoms with Crippen LogP contribution < -0.4 is 27.0 Å². The highest BCUT2D eigenvalue weighted by Crippen LogP contribution is 2.23. The summed E-state index contributed by atoms with van der Waals surface area (Å²) in [6.45, 7) is 2.66. The first-order valence-corrected chi connectivity index (χ1v) is 13.1. The van der Waals surface area contributed by atoms with Crippen molar-refractivity contribution in [2.45, 2.75) is 25.3 Å². The van der Waals surface area contributed by atoms with E-state index in [1.165, 1.54) is 0 Å². The van der Waals surface area contributed by atoms with Crippen LogP contribution in [0.15, 0.2) is 65.3 Å². The minimum absolute atomic E-state index is 0.0840. The van der Waals surface area contributed by atoms with E-state index in [4.69, 9.17) is 5.73 Å². The number of anilines is 4. The number of carbonyl (C=O) groups is 2. The van der Waals surface area contributed by atoms with E-state index >= 15 is 0 Å². The van der Waals surface area contributed by atoms with Gasteiger partial charge in [-0.05, 0) is 59.0 Å². The van der Waals surface area contributed by atoms with Gasteiger partial charge in [-0.25, -0.2) is 9.78 Å². The van der Waals surface area contributed by atoms with Crippen molar-refractivity contribution in [1.82, 2.24) is 20.2 Å². The second-order valence-corrected chi connectivity index (χ2v) is 9.53. The number of amides is 3. The standard InChI is InChI=1S/C26H31BrN8O2/c27-21-17-31-25(32-19-10-6-11-20(16-19)33-26(37)35-14-4-5-15-35)34-23(21)29-12-7-13-30-24(36)22(28)18-8-2-1-3-9-18/h1-3,6,8-11,16-17,22H,4-5,7,12-15,28H2,(H,30,36)(H,33,37)(H2,29,31,32,34)/t22-/m1/s1. The van der Waals surface area contributed by atoms with Gasteiger partial charge in [0.25, 0.3) is 0 Å². The van der Waals surface area contributed by atoms with Crippen molar-refractivity contribution in [2.75, 3.05) is 42.1 Å². The molecule has 11 heteroatoms. The average molecular weight is 567 g/mol. The van der Waals surface area contributed by atoms with E-state index in [-0.39, 0.29) is 11.9 Å². The Kier molecular flexibility index (Phi) is 9.28. The zero-order valence-electron chi connectivity index (χ0n) is 20.4. The van der Waals surface area contributed by atoms with E-state index in [9.17, 15) is 9.59 Å². The van der Waals surface area contributed by atoms with Crippen molar-refractivity contribution in [1.29, 1.82) is 0 Å². The second-order valence-electron chi connectivity index (χ2n) is 8.68. The largest absolute Gasteiger partial charge is 0.369 e. The number of likely N-dealkylation sites (tertiary alicyclic amines) is 1. The maximum atomic E-state index is 12.4. The number of aromatic nitrogens is 2. The number of benzene rings is 2. The van der Waals surface area contributed by atoms with Crippen LogP contribution in [0.5, 0.6) is 0 Å². The molecule has 0 bridgehead atoms. The summed E-state index contributed by atoms with van der Waals surface area (Å²) < 4.78 is 0.722. The van der Waals surface area contributed by atoms with Crippen LogP contribution in [0.2, 0.25) is 0 Å². The average Bonchev–Trinajstić information content (AvgIpc) is 3.46. The van der Waals surface area contributed by atoms with Gasteiger partial charge in [0.05, 0.1) is 4.47 Å². The number of hydrogen-bond donors (Lipinski definition) is 5. The fourth-order valence-electron chi connectivity index (χ4n) is 3.91. The van der Waals surface area contributed by atoms with E-state index in [2.05, 4.69) is 47.2 Å². The van der Waals surface area contributed by atoms with E-state index in [0.717, 1.165) is 41.7 Å². The number of carbonyl (C=O) groups excluding carboxylic acids is 2. The minimum Gasteiger partial charge on any atom is -0.369 e. The zero-order valence-corrected chi connectivity index (χ0v) is 22.0. The van der Waals surface area contributed by atoms with Gasteiger partial charge in [0.1, 0.15) is 11.9 Å². The Labute approximate surface area is 224 Å². The Hall–Kier alpha value is -3.70. The topological polar surface area (TPSA) is 137 Å². The number of hydrogen-bond acceptors (Lipinski definition) is 7. The molecule has 194 valence electrons. The van der Waals surface area contributed by atoms with Crippen molar-refractivity contribution in [3.8, 4) is 0 Å². The lowest BCUT2D eigenvalue weighted by molar-refractivity contribution is -0.122. The van der Waals surface area contributed by atoms with Crippen molar-refractivity contribution in [3.05, 3.63) is 70.8 Å². The number of rotatable bonds is 10. The zero-order chi connectivity index (χ0) is 26.0. The summed E-state index contributed by atoms with van der Waals surface area (Å²) >= 11 is 3.47. The van der Waals surface area contributed by atoms with Gasteiger partial charge in [-0.1, -0.05) is 36.4 Å². The molecule has 0 spiro atoms. The molecule has 1 fully saturated rings. The lowest BCUT2D eigenvalue weighted by Gasteiger charge is -2.16. The predicted molar refractivity (Wildman–Crippen MR) is 149 cm³/mol. The molecule has 2 heterocycles. The number of nitrogens with zero attached hydrogens (tertiary/aromatic N) is 3. The molecule has 0 radical (unpaired) electrons. The van der Waals surface area contributed by atoms with E-state index in [1.807, 2.05) is 59.5 Å². The SMILES string of the molecule is N[C@@H](C(=O)NCCCNc1nc(Nc2cccc(NC(=O)N3CCCC3)c2)ncc1Br)c1ccccc1. The van der Waals surface area contributed by atoms with E-state index in [0.29, 0.717) is 37.0 Å². The third-order valence-corrected chi connectivity index (χ3v) is 6.47. The fraction of sp³-hybridized carbons (Fsp3) is 0.308. The van der Waals surface area contributed by atoms with E-state index < -0.39 is 6.04 Å². The maximum absolute atomic E-state index is 12.4. The molecule has 3 aromatic rings. The molecule has 1 aromatic heterocycles. The predicted octanol–water partition coefficient (Wildman–Crippen LogP) is 4.23. The van der Waals surface area contributed by atoms with Crippen molar-refractivity contribution < 1.29 is 9.59 Å². The summed E-state index contributed by atoms with van der Waals surface area (Å²) in [6, 6.07) is 15.9. The van der Waals surface area contributed by atoms with Crippen LogP contribution in [-0.2, 0) is 4.79 Å². The molecular weight excluding hydrogens is 536 g/mol. The molecule has 0 saturated carbocycles. The van der Waals surface area contributed by atoms with Crippen LogP contribution in [0.4, 0.5) is 27.9 Å². The maximum Gasteiger partial charge on any atom is 0.321 e. The molecule has 3 amide bonds. The van der Waals surface area contributed by atoms with Crippen LogP contribution in [0.3, 0.4) is 0 Å². The van der Waals surface area contributed by atoms with Gasteiger partial charge in [-0.2, -0.15) is 4.98 Å². The number of halogens is 1. The van der Waals surface area contributed by atoms with E-state index in [1.54, 1.807) is 6.20 Å². The molecule has 1 aliphatic rings. The first kappa shape index (κ1) is 26.4. The highest BCUT2D eigenvalue weighted by Gasteiger charge is 2.18. The molecule has 37 heavy (non-hydrogen) atoms. The Bertz CT molecular complexity index is 1200. The van der Waals surface area contributed by atoms with Crippen LogP contribution in [-0.4, -0.2) is 53.0 Å². The van der Waals surface area contributed by atoms with Gasteiger partial charge < -0.3 is 31.9 Å². The third kappa shape index (κ3) is 7.64. The highest BCUT2D eigenvalue weighted by atomic mass is 79.9. The smallest absolute Gasteiger partial charge is 0.321 e. The number of nitrogens with one attached hydrogen (secondary N) is 4. The Balaban J connectivity index is 1.25. The van der Waals surface area contributed by atoms with Gasteiger partial charge in [-0.3, -0.25) is 4.79 Å². The van der Waals surface area contributed by atoms with Crippen molar-refractivity contribution >= 4 is 51.0 Å². The van der Waals surface area contributed by atoms with Crippen LogP contribution in [0.25, 0.3) is 0 Å². The lowest BCUT2D eigenvalue weighted by atomic mass is 10.1. The molecule has 0 aliphatic carbocycles. The highest BCUT2D eigenvalue weighted by molar-refractivity contribution is 9.10. The monoisotopic (exact) mass is 566 g/mol. The normalized spacial score (nSPS) is 13.6. The number of nitrogens with two attached hydrogens (primary N) is 1. The summed E-state index contributed by atoms with van der Waals surface area (Å²) in [6.07, 6.45) is 4.44. The Morgan fingerprint density at radius 2 is 1.78 bits per heavy atom. The summed E-state index contributed by atoms with van der Waals surface area (Å²) in [5, 5.41) is 12.3. The Morgan fingerprint density at radius 1 is 1.03 bits per heavy atom. The van der Waals surface area contributed by atoms with Gasteiger partial charge in [0, 0.05) is 43.8 Å². The number of urea groups is 1. The molecule has 0 unspecified atom stereocenters. The summed E-state index contributed by atoms with van der Waals surface area (Å²) in [7, 11) is 0. The van der Waals surface area contributed by atoms with Crippen LogP contribution in [0, 0.1) is 0 Å². The molecule has 1 saturated heterocycles. The second kappa shape index (κ2) is 13.0. The van der Waals surface area contributed by atoms with Crippen molar-refractivity contribution in [3.63, 3.8) is 0 Å². The third-order valence-electron chi connectivity index (χ3n) is 5.89. The molecule has 1 atom stereocenters. The minimum atomic E-state index is -0.689. The molecule has 2 aromatic carbocycles. The molecule has 6 N–H and O–H groups in total. The van der Waals surface area contributed by atoms with Gasteiger partial charge in [-0.15, -0.1) is 0 Å². The van der Waals surface area contributed by atoms with Gasteiger partial charge in [0.2, 0.25) is 11.9 Å². The molecular formula is C26H31BrN8O2. The Morgan fingerprint density at radius 3 is 2.57 bits per heavy atom. The summed E-state index contributed by atoms with van der Waals surface area (Å²) in [5.74, 6) is 0.832. The first-order chi connectivity index (χ1) is 18.0. The summed E-state index contributed by atoms with van der Waals surface area (Å²) in [4.78, 5) is 35.3. The first-order valence-electron chi connectivity index (χ1n) is 12.3. The van der Waals surface area contributed by atoms with Gasteiger partial charge >= 0.3 is 6.03 Å². The molecule has 1 aliphatic heterocycles. The van der Waals surface area contributed by atoms with Crippen LogP contribution >= 0.6 is 15.9 Å². The van der Waals surface area contributed by atoms with Gasteiger partial charge in [0.15, 0.2) is 0 Å². The quantitative estimate of drug-likeness (QED) is 0.231. The lowest BCUT2D eigenvalue weighted by Crippen LogP contribution is -2.35. The summed E-state index contributed by atoms with van der Waals surface area (Å²) in [5.41, 5.74) is 8.26. The van der Waals surface area contributed by atoms with Crippen molar-refractivity contribution in [2.24, 2.45) is 5.73 Å². The fourth-order valence-corrected chi connectivity index (χ4v) is 4.24. The van der Waals surface area contributed by atoms with Crippen LogP contribution in [0.1, 0.15) is 30.9 Å².